The van der Waals surface area contributed by atoms with Crippen molar-refractivity contribution >= 4 is 23.2 Å². The van der Waals surface area contributed by atoms with E-state index in [-0.39, 0.29) is 5.91 Å². The molecule has 0 heterocycles. The molecule has 0 spiro atoms. The molecular formula is C22H28N2O3. The highest BCUT2D eigenvalue weighted by Crippen LogP contribution is 2.27. The highest BCUT2D eigenvalue weighted by molar-refractivity contribution is 6.14. The summed E-state index contributed by atoms with van der Waals surface area (Å²) in [6.07, 6.45) is 0. The Morgan fingerprint density at radius 3 is 2.15 bits per heavy atom. The third-order valence-electron chi connectivity index (χ3n) is 4.41. The quantitative estimate of drug-likeness (QED) is 0.689. The van der Waals surface area contributed by atoms with Gasteiger partial charge in [0.25, 0.3) is 0 Å². The van der Waals surface area contributed by atoms with E-state index < -0.39 is 11.3 Å². The predicted molar refractivity (Wildman–Crippen MR) is 109 cm³/mol. The Bertz CT molecular complexity index is 795. The Hall–Kier alpha value is -2.82. The van der Waals surface area contributed by atoms with Crippen molar-refractivity contribution in [1.29, 1.82) is 0 Å². The molecule has 0 radical (unpaired) electrons. The van der Waals surface area contributed by atoms with E-state index in [9.17, 15) is 9.59 Å². The molecule has 5 nitrogen and oxygen atoms in total. The molecule has 2 aromatic carbocycles. The molecule has 0 saturated heterocycles. The summed E-state index contributed by atoms with van der Waals surface area (Å²) in [7, 11) is 0. The Labute approximate surface area is 161 Å². The van der Waals surface area contributed by atoms with Crippen molar-refractivity contribution < 1.29 is 14.3 Å². The van der Waals surface area contributed by atoms with E-state index in [4.69, 9.17) is 4.74 Å². The molecule has 0 unspecified atom stereocenters. The number of para-hydroxylation sites is 2. The number of ether oxygens (including phenoxy) is 1. The molecule has 2 N–H and O–H groups in total. The van der Waals surface area contributed by atoms with Crippen LogP contribution in [-0.4, -0.2) is 18.4 Å². The van der Waals surface area contributed by atoms with Crippen molar-refractivity contribution in [3.8, 4) is 5.75 Å². The third kappa shape index (κ3) is 5.09. The Morgan fingerprint density at radius 2 is 1.56 bits per heavy atom. The van der Waals surface area contributed by atoms with Crippen LogP contribution in [-0.2, 0) is 9.59 Å². The number of rotatable bonds is 7. The summed E-state index contributed by atoms with van der Waals surface area (Å²) in [5.41, 5.74) is 1.15. The Morgan fingerprint density at radius 1 is 0.963 bits per heavy atom. The number of carbonyl (C=O) groups excluding carboxylic acids is 2. The first kappa shape index (κ1) is 20.5. The molecule has 2 rings (SSSR count). The van der Waals surface area contributed by atoms with Gasteiger partial charge in [-0.3, -0.25) is 9.59 Å². The van der Waals surface area contributed by atoms with Crippen LogP contribution in [0.4, 0.5) is 11.4 Å². The molecule has 0 bridgehead atoms. The predicted octanol–water partition coefficient (Wildman–Crippen LogP) is 4.81. The smallest absolute Gasteiger partial charge is 0.239 e. The van der Waals surface area contributed by atoms with Gasteiger partial charge in [0.05, 0.1) is 12.3 Å². The van der Waals surface area contributed by atoms with Gasteiger partial charge in [-0.2, -0.15) is 0 Å². The van der Waals surface area contributed by atoms with E-state index in [0.717, 1.165) is 0 Å². The van der Waals surface area contributed by atoms with Crippen LogP contribution < -0.4 is 15.4 Å². The van der Waals surface area contributed by atoms with Gasteiger partial charge < -0.3 is 15.4 Å². The standard InChI is InChI=1S/C22H28N2O3/c1-6-27-19-10-8-7-9-18(19)24-21(26)22(4,5)20(25)23-17-13-11-16(12-14-17)15(2)3/h7-15H,6H2,1-5H3,(H,23,25)(H,24,26). The second-order valence-electron chi connectivity index (χ2n) is 7.24. The molecule has 0 atom stereocenters. The lowest BCUT2D eigenvalue weighted by molar-refractivity contribution is -0.135. The van der Waals surface area contributed by atoms with Gasteiger partial charge in [0, 0.05) is 5.69 Å². The summed E-state index contributed by atoms with van der Waals surface area (Å²) in [6, 6.07) is 14.8. The molecule has 0 aliphatic carbocycles. The van der Waals surface area contributed by atoms with E-state index in [2.05, 4.69) is 24.5 Å². The van der Waals surface area contributed by atoms with Crippen molar-refractivity contribution in [2.24, 2.45) is 5.41 Å². The van der Waals surface area contributed by atoms with E-state index >= 15 is 0 Å². The molecule has 144 valence electrons. The number of anilines is 2. The zero-order chi connectivity index (χ0) is 20.0. The molecular weight excluding hydrogens is 340 g/mol. The summed E-state index contributed by atoms with van der Waals surface area (Å²) in [5, 5.41) is 5.63. The minimum absolute atomic E-state index is 0.369. The molecule has 2 amide bonds. The van der Waals surface area contributed by atoms with Gasteiger partial charge in [-0.1, -0.05) is 38.1 Å². The van der Waals surface area contributed by atoms with Gasteiger partial charge in [-0.05, 0) is 56.5 Å². The molecule has 5 heteroatoms. The topological polar surface area (TPSA) is 67.4 Å². The average molecular weight is 368 g/mol. The van der Waals surface area contributed by atoms with Crippen LogP contribution in [0.2, 0.25) is 0 Å². The van der Waals surface area contributed by atoms with Crippen molar-refractivity contribution in [3.63, 3.8) is 0 Å². The lowest BCUT2D eigenvalue weighted by Crippen LogP contribution is -2.41. The van der Waals surface area contributed by atoms with E-state index in [0.29, 0.717) is 29.6 Å². The number of carbonyl (C=O) groups is 2. The first-order valence-corrected chi connectivity index (χ1v) is 9.20. The lowest BCUT2D eigenvalue weighted by atomic mass is 9.90. The molecule has 0 fully saturated rings. The largest absolute Gasteiger partial charge is 0.492 e. The highest BCUT2D eigenvalue weighted by atomic mass is 16.5. The minimum atomic E-state index is -1.25. The SMILES string of the molecule is CCOc1ccccc1NC(=O)C(C)(C)C(=O)Nc1ccc(C(C)C)cc1. The van der Waals surface area contributed by atoms with E-state index in [1.807, 2.05) is 43.3 Å². The second-order valence-corrected chi connectivity index (χ2v) is 7.24. The number of hydrogen-bond acceptors (Lipinski definition) is 3. The molecule has 0 saturated carbocycles. The van der Waals surface area contributed by atoms with E-state index in [1.54, 1.807) is 26.0 Å². The van der Waals surface area contributed by atoms with Crippen LogP contribution >= 0.6 is 0 Å². The maximum Gasteiger partial charge on any atom is 0.239 e. The first-order valence-electron chi connectivity index (χ1n) is 9.20. The summed E-state index contributed by atoms with van der Waals surface area (Å²) in [6.45, 7) is 9.79. The normalized spacial score (nSPS) is 11.2. The van der Waals surface area contributed by atoms with Crippen LogP contribution in [0.15, 0.2) is 48.5 Å². The zero-order valence-electron chi connectivity index (χ0n) is 16.6. The number of nitrogens with one attached hydrogen (secondary N) is 2. The second kappa shape index (κ2) is 8.71. The fraction of sp³-hybridized carbons (Fsp3) is 0.364. The molecule has 2 aromatic rings. The fourth-order valence-corrected chi connectivity index (χ4v) is 2.47. The van der Waals surface area contributed by atoms with Crippen molar-refractivity contribution in [1.82, 2.24) is 0 Å². The van der Waals surface area contributed by atoms with Crippen LogP contribution in [0.1, 0.15) is 46.1 Å². The van der Waals surface area contributed by atoms with Gasteiger partial charge in [-0.25, -0.2) is 0 Å². The van der Waals surface area contributed by atoms with E-state index in [1.165, 1.54) is 5.56 Å². The Kier molecular flexibility index (Phi) is 6.61. The molecule has 0 aliphatic rings. The van der Waals surface area contributed by atoms with Gasteiger partial charge in [0.2, 0.25) is 11.8 Å². The summed E-state index contributed by atoms with van der Waals surface area (Å²) in [5.74, 6) is 0.230. The monoisotopic (exact) mass is 368 g/mol. The van der Waals surface area contributed by atoms with Crippen molar-refractivity contribution in [3.05, 3.63) is 54.1 Å². The van der Waals surface area contributed by atoms with Gasteiger partial charge >= 0.3 is 0 Å². The maximum absolute atomic E-state index is 12.7. The Balaban J connectivity index is 2.09. The summed E-state index contributed by atoms with van der Waals surface area (Å²) < 4.78 is 5.52. The van der Waals surface area contributed by atoms with Crippen molar-refractivity contribution in [2.45, 2.75) is 40.5 Å². The zero-order valence-corrected chi connectivity index (χ0v) is 16.6. The van der Waals surface area contributed by atoms with Crippen LogP contribution in [0.3, 0.4) is 0 Å². The lowest BCUT2D eigenvalue weighted by Gasteiger charge is -2.23. The van der Waals surface area contributed by atoms with Gasteiger partial charge in [-0.15, -0.1) is 0 Å². The maximum atomic E-state index is 12.7. The number of amides is 2. The van der Waals surface area contributed by atoms with Crippen LogP contribution in [0, 0.1) is 5.41 Å². The van der Waals surface area contributed by atoms with Gasteiger partial charge in [0.1, 0.15) is 11.2 Å². The third-order valence-corrected chi connectivity index (χ3v) is 4.41. The molecule has 27 heavy (non-hydrogen) atoms. The van der Waals surface area contributed by atoms with Crippen LogP contribution in [0.5, 0.6) is 5.75 Å². The number of benzene rings is 2. The molecule has 0 aromatic heterocycles. The highest BCUT2D eigenvalue weighted by Gasteiger charge is 2.36. The van der Waals surface area contributed by atoms with Crippen LogP contribution in [0.25, 0.3) is 0 Å². The fourth-order valence-electron chi connectivity index (χ4n) is 2.47. The molecule has 0 aliphatic heterocycles. The average Bonchev–Trinajstić information content (AvgIpc) is 2.63. The summed E-state index contributed by atoms with van der Waals surface area (Å²) in [4.78, 5) is 25.4. The van der Waals surface area contributed by atoms with Crippen molar-refractivity contribution in [2.75, 3.05) is 17.2 Å². The van der Waals surface area contributed by atoms with Gasteiger partial charge in [0.15, 0.2) is 0 Å². The first-order chi connectivity index (χ1) is 12.8. The summed E-state index contributed by atoms with van der Waals surface area (Å²) >= 11 is 0. The minimum Gasteiger partial charge on any atom is -0.492 e. The number of hydrogen-bond donors (Lipinski definition) is 2.